The number of aromatic nitrogens is 4. The topological polar surface area (TPSA) is 72.7 Å². The molecule has 0 aliphatic rings. The second kappa shape index (κ2) is 5.01. The minimum atomic E-state index is -0.162. The van der Waals surface area contributed by atoms with Crippen LogP contribution in [0.3, 0.4) is 0 Å². The standard InChI is InChI=1S/C13H13N5OS/c1-8-5-10-11(6-9(8)2)18(17-16-10)7-12(19)15-13-14-3-4-20-13/h3-6H,7H2,1-2H3,(H,14,15,19). The summed E-state index contributed by atoms with van der Waals surface area (Å²) in [4.78, 5) is 16.0. The zero-order valence-corrected chi connectivity index (χ0v) is 11.9. The minimum absolute atomic E-state index is 0.124. The molecule has 3 rings (SSSR count). The number of nitrogens with zero attached hydrogens (tertiary/aromatic N) is 4. The van der Waals surface area contributed by atoms with Crippen LogP contribution in [0.25, 0.3) is 11.0 Å². The second-order valence-electron chi connectivity index (χ2n) is 4.56. The lowest BCUT2D eigenvalue weighted by Crippen LogP contribution is -2.19. The Labute approximate surface area is 119 Å². The van der Waals surface area contributed by atoms with E-state index in [1.165, 1.54) is 11.3 Å². The summed E-state index contributed by atoms with van der Waals surface area (Å²) >= 11 is 1.38. The zero-order valence-electron chi connectivity index (χ0n) is 11.1. The van der Waals surface area contributed by atoms with Gasteiger partial charge in [-0.05, 0) is 37.1 Å². The Morgan fingerprint density at radius 1 is 1.35 bits per heavy atom. The van der Waals surface area contributed by atoms with Gasteiger partial charge in [-0.25, -0.2) is 9.67 Å². The summed E-state index contributed by atoms with van der Waals surface area (Å²) in [6.07, 6.45) is 1.65. The van der Waals surface area contributed by atoms with Crippen LogP contribution in [0.15, 0.2) is 23.7 Å². The highest BCUT2D eigenvalue weighted by Crippen LogP contribution is 2.17. The molecule has 20 heavy (non-hydrogen) atoms. The Balaban J connectivity index is 1.84. The van der Waals surface area contributed by atoms with Gasteiger partial charge in [0.2, 0.25) is 5.91 Å². The maximum atomic E-state index is 11.9. The molecule has 1 aromatic carbocycles. The molecule has 2 heterocycles. The van der Waals surface area contributed by atoms with Crippen molar-refractivity contribution in [3.8, 4) is 0 Å². The molecule has 0 atom stereocenters. The van der Waals surface area contributed by atoms with E-state index in [0.29, 0.717) is 5.13 Å². The summed E-state index contributed by atoms with van der Waals surface area (Å²) in [7, 11) is 0. The number of thiazole rings is 1. The van der Waals surface area contributed by atoms with E-state index in [2.05, 4.69) is 20.6 Å². The molecule has 0 unspecified atom stereocenters. The Hall–Kier alpha value is -2.28. The third-order valence-corrected chi connectivity index (χ3v) is 3.79. The van der Waals surface area contributed by atoms with E-state index >= 15 is 0 Å². The van der Waals surface area contributed by atoms with Gasteiger partial charge >= 0.3 is 0 Å². The Bertz CT molecular complexity index is 763. The average Bonchev–Trinajstić information content (AvgIpc) is 3.02. The summed E-state index contributed by atoms with van der Waals surface area (Å²) in [5.74, 6) is -0.162. The number of anilines is 1. The van der Waals surface area contributed by atoms with Gasteiger partial charge in [-0.1, -0.05) is 5.21 Å². The van der Waals surface area contributed by atoms with Gasteiger partial charge in [0.15, 0.2) is 5.13 Å². The van der Waals surface area contributed by atoms with Crippen LogP contribution in [-0.4, -0.2) is 25.9 Å². The van der Waals surface area contributed by atoms with E-state index < -0.39 is 0 Å². The molecule has 0 spiro atoms. The van der Waals surface area contributed by atoms with Gasteiger partial charge in [0.25, 0.3) is 0 Å². The Morgan fingerprint density at radius 3 is 2.90 bits per heavy atom. The SMILES string of the molecule is Cc1cc2nnn(CC(=O)Nc3nccs3)c2cc1C. The molecule has 7 heteroatoms. The number of hydrogen-bond donors (Lipinski definition) is 1. The molecule has 1 amide bonds. The number of hydrogen-bond acceptors (Lipinski definition) is 5. The van der Waals surface area contributed by atoms with Crippen molar-refractivity contribution >= 4 is 33.4 Å². The predicted molar refractivity (Wildman–Crippen MR) is 77.7 cm³/mol. The van der Waals surface area contributed by atoms with E-state index in [9.17, 15) is 4.79 Å². The molecular formula is C13H13N5OS. The van der Waals surface area contributed by atoms with Gasteiger partial charge < -0.3 is 5.32 Å². The van der Waals surface area contributed by atoms with E-state index in [4.69, 9.17) is 0 Å². The Kier molecular flexibility index (Phi) is 3.19. The summed E-state index contributed by atoms with van der Waals surface area (Å²) in [5.41, 5.74) is 3.98. The van der Waals surface area contributed by atoms with Gasteiger partial charge in [0, 0.05) is 11.6 Å². The van der Waals surface area contributed by atoms with E-state index in [0.717, 1.165) is 22.2 Å². The number of carbonyl (C=O) groups excluding carboxylic acids is 1. The summed E-state index contributed by atoms with van der Waals surface area (Å²) in [6, 6.07) is 3.98. The first-order valence-electron chi connectivity index (χ1n) is 6.13. The number of nitrogens with one attached hydrogen (secondary N) is 1. The normalized spacial score (nSPS) is 10.9. The van der Waals surface area contributed by atoms with Crippen molar-refractivity contribution in [3.63, 3.8) is 0 Å². The van der Waals surface area contributed by atoms with E-state index in [-0.39, 0.29) is 12.5 Å². The van der Waals surface area contributed by atoms with Gasteiger partial charge in [-0.15, -0.1) is 16.4 Å². The number of aryl methyl sites for hydroxylation is 2. The van der Waals surface area contributed by atoms with Gasteiger partial charge in [-0.3, -0.25) is 4.79 Å². The zero-order chi connectivity index (χ0) is 14.1. The van der Waals surface area contributed by atoms with Crippen LogP contribution in [0.5, 0.6) is 0 Å². The number of amides is 1. The molecule has 0 fully saturated rings. The fraction of sp³-hybridized carbons (Fsp3) is 0.231. The predicted octanol–water partition coefficient (Wildman–Crippen LogP) is 2.14. The lowest BCUT2D eigenvalue weighted by Gasteiger charge is -2.04. The monoisotopic (exact) mass is 287 g/mol. The third-order valence-electron chi connectivity index (χ3n) is 3.10. The van der Waals surface area contributed by atoms with Crippen LogP contribution >= 0.6 is 11.3 Å². The van der Waals surface area contributed by atoms with Gasteiger partial charge in [-0.2, -0.15) is 0 Å². The number of rotatable bonds is 3. The summed E-state index contributed by atoms with van der Waals surface area (Å²) < 4.78 is 1.60. The van der Waals surface area contributed by atoms with Crippen LogP contribution in [0.4, 0.5) is 5.13 Å². The summed E-state index contributed by atoms with van der Waals surface area (Å²) in [5, 5.41) is 13.3. The molecule has 0 aliphatic carbocycles. The summed E-state index contributed by atoms with van der Waals surface area (Å²) in [6.45, 7) is 4.18. The largest absolute Gasteiger partial charge is 0.300 e. The average molecular weight is 287 g/mol. The van der Waals surface area contributed by atoms with Crippen molar-refractivity contribution in [1.29, 1.82) is 0 Å². The van der Waals surface area contributed by atoms with Crippen molar-refractivity contribution in [2.24, 2.45) is 0 Å². The maximum Gasteiger partial charge on any atom is 0.247 e. The first-order valence-corrected chi connectivity index (χ1v) is 7.01. The highest BCUT2D eigenvalue weighted by Gasteiger charge is 2.11. The van der Waals surface area contributed by atoms with Crippen LogP contribution in [-0.2, 0) is 11.3 Å². The highest BCUT2D eigenvalue weighted by molar-refractivity contribution is 7.13. The lowest BCUT2D eigenvalue weighted by molar-refractivity contribution is -0.116. The van der Waals surface area contributed by atoms with Gasteiger partial charge in [0.05, 0.1) is 5.52 Å². The third kappa shape index (κ3) is 2.39. The van der Waals surface area contributed by atoms with Crippen LogP contribution in [0.1, 0.15) is 11.1 Å². The van der Waals surface area contributed by atoms with Crippen molar-refractivity contribution in [2.75, 3.05) is 5.32 Å². The molecule has 6 nitrogen and oxygen atoms in total. The quantitative estimate of drug-likeness (QED) is 0.801. The van der Waals surface area contributed by atoms with Crippen molar-refractivity contribution in [3.05, 3.63) is 34.8 Å². The molecule has 1 N–H and O–H groups in total. The Morgan fingerprint density at radius 2 is 2.15 bits per heavy atom. The maximum absolute atomic E-state index is 11.9. The van der Waals surface area contributed by atoms with Crippen molar-refractivity contribution < 1.29 is 4.79 Å². The minimum Gasteiger partial charge on any atom is -0.300 e. The smallest absolute Gasteiger partial charge is 0.247 e. The van der Waals surface area contributed by atoms with Crippen LogP contribution in [0.2, 0.25) is 0 Å². The van der Waals surface area contributed by atoms with E-state index in [1.807, 2.05) is 31.4 Å². The second-order valence-corrected chi connectivity index (χ2v) is 5.45. The van der Waals surface area contributed by atoms with Crippen molar-refractivity contribution in [2.45, 2.75) is 20.4 Å². The first kappa shape index (κ1) is 12.7. The first-order chi connectivity index (χ1) is 9.63. The molecule has 0 radical (unpaired) electrons. The molecule has 3 aromatic rings. The molecule has 102 valence electrons. The number of benzene rings is 1. The molecule has 0 saturated carbocycles. The fourth-order valence-corrected chi connectivity index (χ4v) is 2.46. The molecule has 0 saturated heterocycles. The van der Waals surface area contributed by atoms with Gasteiger partial charge in [0.1, 0.15) is 12.1 Å². The van der Waals surface area contributed by atoms with Crippen LogP contribution < -0.4 is 5.32 Å². The fourth-order valence-electron chi connectivity index (χ4n) is 1.92. The number of carbonyl (C=O) groups is 1. The molecule has 2 aromatic heterocycles. The van der Waals surface area contributed by atoms with Crippen molar-refractivity contribution in [1.82, 2.24) is 20.0 Å². The molecular weight excluding hydrogens is 274 g/mol. The lowest BCUT2D eigenvalue weighted by atomic mass is 10.1. The van der Waals surface area contributed by atoms with E-state index in [1.54, 1.807) is 10.9 Å². The molecule has 0 bridgehead atoms. The highest BCUT2D eigenvalue weighted by atomic mass is 32.1. The number of fused-ring (bicyclic) bond motifs is 1. The van der Waals surface area contributed by atoms with Crippen LogP contribution in [0, 0.1) is 13.8 Å². The molecule has 0 aliphatic heterocycles.